The fraction of sp³-hybridized carbons (Fsp3) is 0.700. The number of nitrogens with one attached hydrogen (secondary N) is 3. The van der Waals surface area contributed by atoms with E-state index in [0.29, 0.717) is 31.8 Å². The molecule has 0 spiro atoms. The van der Waals surface area contributed by atoms with Gasteiger partial charge < -0.3 is 14.4 Å². The third-order valence-electron chi connectivity index (χ3n) is 9.01. The fourth-order valence-electron chi connectivity index (χ4n) is 7.12. The van der Waals surface area contributed by atoms with Gasteiger partial charge in [-0.2, -0.15) is 5.10 Å². The molecule has 2 aliphatic heterocycles. The first-order valence-electron chi connectivity index (χ1n) is 15.1. The molecule has 2 saturated heterocycles. The van der Waals surface area contributed by atoms with Crippen LogP contribution in [0.1, 0.15) is 75.1 Å². The van der Waals surface area contributed by atoms with Crippen molar-refractivity contribution in [2.24, 2.45) is 11.8 Å². The molecule has 1 aromatic carbocycles. The molecule has 3 heterocycles. The van der Waals surface area contributed by atoms with Gasteiger partial charge in [0.1, 0.15) is 19.2 Å². The monoisotopic (exact) mass is 588 g/mol. The van der Waals surface area contributed by atoms with E-state index in [0.717, 1.165) is 31.5 Å². The standard InChI is InChI=1S/C30H48N6O4S/c1-20(2)12-24-18-40-28-14-27(29-21(3)8-6-9-22(29)4)33-30(34-28)36(19-39-5)41(37,38)26-11-7-10-23(13-26)17-35(24)25-15-31-32-16-25/h6,8-9,15-16,20,23-24,26-28,30,33-34H,7,10-14,17-19H2,1-5H3,(H,31,32)/t23?,24-,26?,27?,28?,30?/m1/s1. The summed E-state index contributed by atoms with van der Waals surface area (Å²) in [5.41, 5.74) is 4.59. The quantitative estimate of drug-likeness (QED) is 0.464. The normalized spacial score (nSPS) is 31.3. The number of hydrogen-bond donors (Lipinski definition) is 3. The van der Waals surface area contributed by atoms with Crippen molar-refractivity contribution in [1.82, 2.24) is 25.1 Å². The lowest BCUT2D eigenvalue weighted by Gasteiger charge is -2.43. The number of aryl methyl sites for hydroxylation is 2. The van der Waals surface area contributed by atoms with E-state index in [2.05, 4.69) is 71.6 Å². The summed E-state index contributed by atoms with van der Waals surface area (Å²) >= 11 is 0. The lowest BCUT2D eigenvalue weighted by molar-refractivity contribution is -0.0516. The molecule has 0 radical (unpaired) electrons. The molecule has 2 aromatic rings. The highest BCUT2D eigenvalue weighted by molar-refractivity contribution is 7.89. The number of aromatic nitrogens is 2. The van der Waals surface area contributed by atoms with Crippen LogP contribution in [0.2, 0.25) is 0 Å². The van der Waals surface area contributed by atoms with E-state index in [1.165, 1.54) is 21.0 Å². The average molecular weight is 589 g/mol. The molecule has 4 bridgehead atoms. The topological polar surface area (TPSA) is 112 Å². The average Bonchev–Trinajstić information content (AvgIpc) is 3.47. The number of sulfonamides is 1. The zero-order chi connectivity index (χ0) is 29.1. The van der Waals surface area contributed by atoms with Crippen molar-refractivity contribution in [3.8, 4) is 0 Å². The Morgan fingerprint density at radius 1 is 1.15 bits per heavy atom. The van der Waals surface area contributed by atoms with Crippen LogP contribution in [0.5, 0.6) is 0 Å². The third-order valence-corrected chi connectivity index (χ3v) is 11.3. The van der Waals surface area contributed by atoms with Gasteiger partial charge in [-0.25, -0.2) is 8.42 Å². The molecule has 5 rings (SSSR count). The summed E-state index contributed by atoms with van der Waals surface area (Å²) < 4.78 is 42.4. The van der Waals surface area contributed by atoms with Crippen molar-refractivity contribution in [3.05, 3.63) is 47.3 Å². The van der Waals surface area contributed by atoms with Crippen molar-refractivity contribution in [2.75, 3.05) is 31.9 Å². The highest BCUT2D eigenvalue weighted by atomic mass is 32.2. The van der Waals surface area contributed by atoms with E-state index in [1.807, 2.05) is 12.4 Å². The number of hydrogen-bond acceptors (Lipinski definition) is 8. The molecular formula is C30H48N6O4S. The Bertz CT molecular complexity index is 1220. The first kappa shape index (κ1) is 30.4. The third kappa shape index (κ3) is 6.81. The molecular weight excluding hydrogens is 540 g/mol. The number of nitrogens with zero attached hydrogens (tertiary/aromatic N) is 3. The summed E-state index contributed by atoms with van der Waals surface area (Å²) in [7, 11) is -2.13. The molecule has 3 aliphatic rings. The molecule has 1 aromatic heterocycles. The maximum absolute atomic E-state index is 14.3. The number of benzene rings is 1. The van der Waals surface area contributed by atoms with Crippen molar-refractivity contribution >= 4 is 15.7 Å². The van der Waals surface area contributed by atoms with Crippen molar-refractivity contribution in [2.45, 2.75) is 96.1 Å². The van der Waals surface area contributed by atoms with Crippen LogP contribution in [0, 0.1) is 25.7 Å². The van der Waals surface area contributed by atoms with Crippen molar-refractivity contribution < 1.29 is 17.9 Å². The summed E-state index contributed by atoms with van der Waals surface area (Å²) in [4.78, 5) is 2.41. The molecule has 6 atom stereocenters. The van der Waals surface area contributed by atoms with Crippen LogP contribution in [-0.4, -0.2) is 73.7 Å². The molecule has 1 aliphatic carbocycles. The van der Waals surface area contributed by atoms with Gasteiger partial charge in [0, 0.05) is 32.3 Å². The second-order valence-electron chi connectivity index (χ2n) is 12.5. The summed E-state index contributed by atoms with van der Waals surface area (Å²) in [5, 5.41) is 13.9. The Morgan fingerprint density at radius 3 is 2.61 bits per heavy atom. The minimum atomic E-state index is -3.69. The van der Waals surface area contributed by atoms with Gasteiger partial charge in [0.15, 0.2) is 0 Å². The largest absolute Gasteiger partial charge is 0.368 e. The molecule has 0 amide bonds. The van der Waals surface area contributed by atoms with Gasteiger partial charge in [-0.15, -0.1) is 4.31 Å². The summed E-state index contributed by atoms with van der Waals surface area (Å²) in [5.74, 6) is 0.724. The second kappa shape index (κ2) is 13.1. The van der Waals surface area contributed by atoms with E-state index in [1.54, 1.807) is 7.11 Å². The predicted octanol–water partition coefficient (Wildman–Crippen LogP) is 4.01. The Balaban J connectivity index is 1.56. The van der Waals surface area contributed by atoms with Crippen LogP contribution in [0.4, 0.5) is 5.69 Å². The zero-order valence-electron chi connectivity index (χ0n) is 25.2. The Kier molecular flexibility index (Phi) is 9.72. The number of rotatable bonds is 6. The number of anilines is 1. The lowest BCUT2D eigenvalue weighted by Crippen LogP contribution is -2.65. The molecule has 10 nitrogen and oxygen atoms in total. The SMILES string of the molecule is COCN1C2NC(CC(c3c(C)cccc3C)N2)OC[C@@H](CC(C)C)N(c2cn[nH]c2)CC2CCCC(C2)S1(=O)=O. The molecule has 11 heteroatoms. The maximum atomic E-state index is 14.3. The van der Waals surface area contributed by atoms with Crippen LogP contribution in [-0.2, 0) is 19.5 Å². The zero-order valence-corrected chi connectivity index (χ0v) is 26.0. The van der Waals surface area contributed by atoms with Gasteiger partial charge in [0.05, 0.1) is 29.8 Å². The first-order valence-corrected chi connectivity index (χ1v) is 16.6. The molecule has 3 N–H and O–H groups in total. The minimum absolute atomic E-state index is 0.0303. The summed E-state index contributed by atoms with van der Waals surface area (Å²) in [6.45, 7) is 10.0. The van der Waals surface area contributed by atoms with Gasteiger partial charge in [0.25, 0.3) is 0 Å². The second-order valence-corrected chi connectivity index (χ2v) is 14.7. The first-order chi connectivity index (χ1) is 19.7. The summed E-state index contributed by atoms with van der Waals surface area (Å²) in [6.07, 6.45) is 7.64. The highest BCUT2D eigenvalue weighted by Crippen LogP contribution is 2.36. The Labute approximate surface area is 245 Å². The van der Waals surface area contributed by atoms with E-state index in [4.69, 9.17) is 9.47 Å². The van der Waals surface area contributed by atoms with Gasteiger partial charge in [0.2, 0.25) is 10.0 Å². The van der Waals surface area contributed by atoms with Crippen LogP contribution < -0.4 is 15.5 Å². The van der Waals surface area contributed by atoms with Gasteiger partial charge in [-0.3, -0.25) is 15.7 Å². The number of H-pyrrole nitrogens is 1. The van der Waals surface area contributed by atoms with Crippen molar-refractivity contribution in [3.63, 3.8) is 0 Å². The van der Waals surface area contributed by atoms with Crippen LogP contribution >= 0.6 is 0 Å². The number of methoxy groups -OCH3 is 1. The number of ether oxygens (including phenoxy) is 2. The Morgan fingerprint density at radius 2 is 1.93 bits per heavy atom. The van der Waals surface area contributed by atoms with E-state index in [9.17, 15) is 8.42 Å². The van der Waals surface area contributed by atoms with Crippen LogP contribution in [0.15, 0.2) is 30.6 Å². The van der Waals surface area contributed by atoms with E-state index >= 15 is 0 Å². The summed E-state index contributed by atoms with van der Waals surface area (Å²) in [6, 6.07) is 6.35. The maximum Gasteiger partial charge on any atom is 0.221 e. The molecule has 1 saturated carbocycles. The van der Waals surface area contributed by atoms with Crippen LogP contribution in [0.3, 0.4) is 0 Å². The fourth-order valence-corrected chi connectivity index (χ4v) is 9.15. The molecule has 5 unspecified atom stereocenters. The number of fused-ring (bicyclic) bond motifs is 4. The number of aromatic amines is 1. The molecule has 3 fully saturated rings. The Hall–Kier alpha value is -2.02. The lowest BCUT2D eigenvalue weighted by atomic mass is 9.87. The van der Waals surface area contributed by atoms with Gasteiger partial charge in [-0.1, -0.05) is 38.5 Å². The van der Waals surface area contributed by atoms with Crippen LogP contribution in [0.25, 0.3) is 0 Å². The molecule has 41 heavy (non-hydrogen) atoms. The van der Waals surface area contributed by atoms with Gasteiger partial charge >= 0.3 is 0 Å². The molecule has 228 valence electrons. The highest BCUT2D eigenvalue weighted by Gasteiger charge is 2.44. The van der Waals surface area contributed by atoms with Crippen molar-refractivity contribution in [1.29, 1.82) is 0 Å². The van der Waals surface area contributed by atoms with E-state index in [-0.39, 0.29) is 31.0 Å². The van der Waals surface area contributed by atoms with E-state index < -0.39 is 21.6 Å². The smallest absolute Gasteiger partial charge is 0.221 e. The van der Waals surface area contributed by atoms with Gasteiger partial charge in [-0.05, 0) is 68.1 Å². The predicted molar refractivity (Wildman–Crippen MR) is 161 cm³/mol. The minimum Gasteiger partial charge on any atom is -0.368 e.